The Kier molecular flexibility index (Phi) is 7.83. The number of aromatic nitrogens is 2. The van der Waals surface area contributed by atoms with Gasteiger partial charge < -0.3 is 24.6 Å². The smallest absolute Gasteiger partial charge is 0.410 e. The lowest BCUT2D eigenvalue weighted by Crippen LogP contribution is -2.49. The van der Waals surface area contributed by atoms with Crippen LogP contribution in [0.4, 0.5) is 10.5 Å². The zero-order valence-corrected chi connectivity index (χ0v) is 26.3. The van der Waals surface area contributed by atoms with Crippen LogP contribution in [0, 0.1) is 5.92 Å². The Morgan fingerprint density at radius 2 is 1.93 bits per heavy atom. The van der Waals surface area contributed by atoms with Crippen molar-refractivity contribution in [2.75, 3.05) is 51.3 Å². The van der Waals surface area contributed by atoms with E-state index in [9.17, 15) is 4.79 Å². The number of benzene rings is 2. The van der Waals surface area contributed by atoms with Crippen molar-refractivity contribution in [3.8, 4) is 6.01 Å². The van der Waals surface area contributed by atoms with E-state index in [1.807, 2.05) is 35.2 Å². The van der Waals surface area contributed by atoms with E-state index in [0.29, 0.717) is 31.7 Å². The number of fused-ring (bicyclic) bond motifs is 4. The largest absolute Gasteiger partial charge is 0.462 e. The minimum absolute atomic E-state index is 0.250. The summed E-state index contributed by atoms with van der Waals surface area (Å²) in [7, 11) is 2.16. The Morgan fingerprint density at radius 3 is 2.80 bits per heavy atom. The topological polar surface area (TPSA) is 83.1 Å². The molecule has 8 rings (SSSR count). The number of nitrogens with zero attached hydrogens (tertiary/aromatic N) is 5. The van der Waals surface area contributed by atoms with Crippen molar-refractivity contribution in [2.45, 2.75) is 69.7 Å². The second-order valence-electron chi connectivity index (χ2n) is 13.5. The Hall–Kier alpha value is -3.69. The molecule has 236 valence electrons. The summed E-state index contributed by atoms with van der Waals surface area (Å²) in [6, 6.07) is 17.3. The van der Waals surface area contributed by atoms with Gasteiger partial charge in [-0.25, -0.2) is 4.79 Å². The number of nitrogens with one attached hydrogen (secondary N) is 1. The molecule has 1 N–H and O–H groups in total. The molecule has 4 atom stereocenters. The molecule has 5 aliphatic rings. The van der Waals surface area contributed by atoms with Gasteiger partial charge in [0.05, 0.1) is 24.0 Å². The average molecular weight is 609 g/mol. The summed E-state index contributed by atoms with van der Waals surface area (Å²) in [5.41, 5.74) is 8.54. The second-order valence-corrected chi connectivity index (χ2v) is 13.5. The zero-order chi connectivity index (χ0) is 30.3. The van der Waals surface area contributed by atoms with Gasteiger partial charge >= 0.3 is 12.1 Å². The van der Waals surface area contributed by atoms with Gasteiger partial charge in [0.25, 0.3) is 0 Å². The minimum atomic E-state index is -0.305. The van der Waals surface area contributed by atoms with Crippen LogP contribution in [0.15, 0.2) is 48.5 Å². The number of hydrogen-bond acceptors (Lipinski definition) is 8. The standard InChI is InChI=1S/C36H44N6O3/c1-40-16-6-10-27(40)23-44-35-38-30-21-41(31-11-5-9-25-12-13-26-19-29(26)33(25)31)17-14-28(30)34(39-35)32-20-37-15-18-42(32)36(43)45-22-24-7-3-2-4-8-24/h2-5,7-9,11,26-27,29,32,37H,6,10,12-23H2,1H3/t26?,27-,29?,32?/m0/s1. The highest BCUT2D eigenvalue weighted by Gasteiger charge is 2.44. The summed E-state index contributed by atoms with van der Waals surface area (Å²) in [5.74, 6) is 1.59. The number of carbonyl (C=O) groups excluding carboxylic acids is 1. The number of carbonyl (C=O) groups is 1. The van der Waals surface area contributed by atoms with E-state index in [4.69, 9.17) is 19.4 Å². The molecule has 0 spiro atoms. The first-order valence-electron chi connectivity index (χ1n) is 16.9. The predicted molar refractivity (Wildman–Crippen MR) is 172 cm³/mol. The monoisotopic (exact) mass is 608 g/mol. The van der Waals surface area contributed by atoms with Crippen LogP contribution in [-0.4, -0.2) is 78.3 Å². The molecule has 3 unspecified atom stereocenters. The molecule has 1 amide bonds. The van der Waals surface area contributed by atoms with Gasteiger partial charge in [0.1, 0.15) is 13.2 Å². The van der Waals surface area contributed by atoms with Crippen LogP contribution in [0.2, 0.25) is 0 Å². The molecule has 0 radical (unpaired) electrons. The molecule has 1 aromatic heterocycles. The molecule has 2 aromatic carbocycles. The van der Waals surface area contributed by atoms with Gasteiger partial charge in [0, 0.05) is 43.5 Å². The van der Waals surface area contributed by atoms with Crippen molar-refractivity contribution < 1.29 is 14.3 Å². The average Bonchev–Trinajstić information content (AvgIpc) is 3.78. The van der Waals surface area contributed by atoms with E-state index < -0.39 is 0 Å². The van der Waals surface area contributed by atoms with Crippen molar-refractivity contribution in [3.05, 3.63) is 82.2 Å². The van der Waals surface area contributed by atoms with Gasteiger partial charge in [-0.3, -0.25) is 4.90 Å². The van der Waals surface area contributed by atoms with Crippen LogP contribution in [0.5, 0.6) is 6.01 Å². The molecular weight excluding hydrogens is 564 g/mol. The number of piperazine rings is 1. The van der Waals surface area contributed by atoms with Crippen molar-refractivity contribution in [3.63, 3.8) is 0 Å². The van der Waals surface area contributed by atoms with Crippen LogP contribution in [0.25, 0.3) is 0 Å². The molecular formula is C36H44N6O3. The van der Waals surface area contributed by atoms with E-state index in [0.717, 1.165) is 73.4 Å². The molecule has 1 saturated carbocycles. The molecule has 9 heteroatoms. The fourth-order valence-corrected chi connectivity index (χ4v) is 8.09. The van der Waals surface area contributed by atoms with Crippen LogP contribution in [0.1, 0.15) is 71.3 Å². The normalized spacial score (nSPS) is 25.7. The molecule has 3 fully saturated rings. The van der Waals surface area contributed by atoms with E-state index in [-0.39, 0.29) is 18.7 Å². The summed E-state index contributed by atoms with van der Waals surface area (Å²) in [6.07, 6.45) is 6.69. The molecule has 3 aliphatic heterocycles. The van der Waals surface area contributed by atoms with Gasteiger partial charge in [-0.15, -0.1) is 0 Å². The van der Waals surface area contributed by atoms with E-state index >= 15 is 0 Å². The molecule has 3 aromatic rings. The van der Waals surface area contributed by atoms with Crippen LogP contribution >= 0.6 is 0 Å². The third-order valence-corrected chi connectivity index (χ3v) is 10.7. The number of aryl methyl sites for hydroxylation is 1. The third kappa shape index (κ3) is 5.76. The van der Waals surface area contributed by atoms with E-state index in [1.54, 1.807) is 5.56 Å². The fourth-order valence-electron chi connectivity index (χ4n) is 8.09. The van der Waals surface area contributed by atoms with Crippen molar-refractivity contribution in [2.24, 2.45) is 5.92 Å². The van der Waals surface area contributed by atoms with E-state index in [1.165, 1.54) is 36.9 Å². The maximum absolute atomic E-state index is 13.5. The lowest BCUT2D eigenvalue weighted by atomic mass is 9.89. The first-order chi connectivity index (χ1) is 22.1. The SMILES string of the molecule is CN1CCC[C@H]1COc1nc2c(c(C3CNCCN3C(=O)OCc3ccccc3)n1)CCN(c1cccc3c1C1CC1CC3)C2. The first kappa shape index (κ1) is 28.8. The number of likely N-dealkylation sites (tertiary alicyclic amines) is 1. The summed E-state index contributed by atoms with van der Waals surface area (Å²) < 4.78 is 12.2. The van der Waals surface area contributed by atoms with Crippen molar-refractivity contribution >= 4 is 11.8 Å². The summed E-state index contributed by atoms with van der Waals surface area (Å²) >= 11 is 0. The third-order valence-electron chi connectivity index (χ3n) is 10.7. The minimum Gasteiger partial charge on any atom is -0.462 e. The maximum Gasteiger partial charge on any atom is 0.410 e. The molecule has 2 aliphatic carbocycles. The summed E-state index contributed by atoms with van der Waals surface area (Å²) in [5, 5.41) is 3.51. The number of amides is 1. The van der Waals surface area contributed by atoms with Crippen LogP contribution in [0.3, 0.4) is 0 Å². The number of ether oxygens (including phenoxy) is 2. The first-order valence-corrected chi connectivity index (χ1v) is 16.9. The lowest BCUT2D eigenvalue weighted by molar-refractivity contribution is 0.0705. The van der Waals surface area contributed by atoms with Crippen LogP contribution < -0.4 is 15.0 Å². The Balaban J connectivity index is 1.10. The van der Waals surface area contributed by atoms with Crippen molar-refractivity contribution in [1.29, 1.82) is 0 Å². The highest BCUT2D eigenvalue weighted by atomic mass is 16.6. The van der Waals surface area contributed by atoms with Crippen molar-refractivity contribution in [1.82, 2.24) is 25.1 Å². The number of hydrogen-bond donors (Lipinski definition) is 1. The number of likely N-dealkylation sites (N-methyl/N-ethyl adjacent to an activating group) is 1. The molecule has 2 saturated heterocycles. The molecule has 0 bridgehead atoms. The van der Waals surface area contributed by atoms with E-state index in [2.05, 4.69) is 40.4 Å². The fraction of sp³-hybridized carbons (Fsp3) is 0.528. The molecule has 9 nitrogen and oxygen atoms in total. The van der Waals surface area contributed by atoms with Gasteiger partial charge in [0.15, 0.2) is 0 Å². The Labute approximate surface area is 265 Å². The number of rotatable bonds is 7. The van der Waals surface area contributed by atoms with Gasteiger partial charge in [-0.1, -0.05) is 42.5 Å². The quantitative estimate of drug-likeness (QED) is 0.408. The van der Waals surface area contributed by atoms with Gasteiger partial charge in [0.2, 0.25) is 0 Å². The van der Waals surface area contributed by atoms with Gasteiger partial charge in [-0.2, -0.15) is 9.97 Å². The highest BCUT2D eigenvalue weighted by Crippen LogP contribution is 2.57. The van der Waals surface area contributed by atoms with Crippen LogP contribution in [-0.2, 0) is 30.7 Å². The Bertz CT molecular complexity index is 1550. The zero-order valence-electron chi connectivity index (χ0n) is 26.3. The highest BCUT2D eigenvalue weighted by molar-refractivity contribution is 5.69. The summed E-state index contributed by atoms with van der Waals surface area (Å²) in [6.45, 7) is 5.44. The number of anilines is 1. The second kappa shape index (κ2) is 12.2. The molecule has 4 heterocycles. The lowest BCUT2D eigenvalue weighted by Gasteiger charge is -2.38. The predicted octanol–water partition coefficient (Wildman–Crippen LogP) is 4.85. The Morgan fingerprint density at radius 1 is 1.02 bits per heavy atom. The summed E-state index contributed by atoms with van der Waals surface area (Å²) in [4.78, 5) is 30.4. The maximum atomic E-state index is 13.5. The molecule has 45 heavy (non-hydrogen) atoms. The van der Waals surface area contributed by atoms with Gasteiger partial charge in [-0.05, 0) is 86.7 Å².